The van der Waals surface area contributed by atoms with Gasteiger partial charge in [0.25, 0.3) is 11.6 Å². The van der Waals surface area contributed by atoms with Gasteiger partial charge in [-0.2, -0.15) is 0 Å². The Morgan fingerprint density at radius 3 is 2.55 bits per heavy atom. The van der Waals surface area contributed by atoms with Gasteiger partial charge in [0.1, 0.15) is 5.69 Å². The van der Waals surface area contributed by atoms with Crippen molar-refractivity contribution in [3.63, 3.8) is 0 Å². The van der Waals surface area contributed by atoms with Crippen LogP contribution in [0.3, 0.4) is 0 Å². The van der Waals surface area contributed by atoms with Gasteiger partial charge in [-0.1, -0.05) is 0 Å². The molecule has 2 amide bonds. The van der Waals surface area contributed by atoms with Crippen molar-refractivity contribution in [1.82, 2.24) is 10.6 Å². The van der Waals surface area contributed by atoms with E-state index in [4.69, 9.17) is 0 Å². The zero-order chi connectivity index (χ0) is 15.1. The molecule has 0 unspecified atom stereocenters. The second-order valence-electron chi connectivity index (χ2n) is 3.92. The predicted molar refractivity (Wildman–Crippen MR) is 73.7 cm³/mol. The third kappa shape index (κ3) is 3.94. The second-order valence-corrected chi connectivity index (χ2v) is 3.92. The minimum Gasteiger partial charge on any atom is -0.383 e. The number of anilines is 1. The van der Waals surface area contributed by atoms with Crippen molar-refractivity contribution in [1.29, 1.82) is 0 Å². The minimum absolute atomic E-state index is 0.152. The molecule has 0 aromatic heterocycles. The molecule has 0 aliphatic carbocycles. The average molecular weight is 280 g/mol. The minimum atomic E-state index is -0.562. The van der Waals surface area contributed by atoms with E-state index in [1.165, 1.54) is 25.2 Å². The Kier molecular flexibility index (Phi) is 5.45. The summed E-state index contributed by atoms with van der Waals surface area (Å²) in [6.45, 7) is 0.167. The number of nitrogens with one attached hydrogen (secondary N) is 3. The lowest BCUT2D eigenvalue weighted by Crippen LogP contribution is -2.29. The monoisotopic (exact) mass is 280 g/mol. The van der Waals surface area contributed by atoms with Gasteiger partial charge in [0, 0.05) is 38.7 Å². The number of nitrogens with zero attached hydrogens (tertiary/aromatic N) is 1. The summed E-state index contributed by atoms with van der Waals surface area (Å²) >= 11 is 0. The van der Waals surface area contributed by atoms with E-state index in [2.05, 4.69) is 16.0 Å². The summed E-state index contributed by atoms with van der Waals surface area (Å²) in [4.78, 5) is 33.1. The fraction of sp³-hybridized carbons (Fsp3) is 0.333. The van der Waals surface area contributed by atoms with Gasteiger partial charge in [0.2, 0.25) is 5.91 Å². The zero-order valence-corrected chi connectivity index (χ0v) is 11.2. The molecule has 8 heteroatoms. The maximum atomic E-state index is 11.8. The molecule has 0 saturated carbocycles. The summed E-state index contributed by atoms with van der Waals surface area (Å²) in [5.74, 6) is -0.651. The topological polar surface area (TPSA) is 113 Å². The molecule has 0 bridgehead atoms. The molecular formula is C12H16N4O4. The number of nitro benzene ring substituents is 1. The molecule has 1 aromatic carbocycles. The summed E-state index contributed by atoms with van der Waals surface area (Å²) in [7, 11) is 3.06. The van der Waals surface area contributed by atoms with Crippen LogP contribution >= 0.6 is 0 Å². The van der Waals surface area contributed by atoms with Gasteiger partial charge < -0.3 is 16.0 Å². The highest BCUT2D eigenvalue weighted by Gasteiger charge is 2.16. The van der Waals surface area contributed by atoms with Gasteiger partial charge in [0.15, 0.2) is 0 Å². The van der Waals surface area contributed by atoms with E-state index in [1.807, 2.05) is 0 Å². The maximum Gasteiger partial charge on any atom is 0.293 e. The highest BCUT2D eigenvalue weighted by molar-refractivity contribution is 5.95. The van der Waals surface area contributed by atoms with Crippen LogP contribution in [0.5, 0.6) is 0 Å². The van der Waals surface area contributed by atoms with Gasteiger partial charge in [0.05, 0.1) is 4.92 Å². The van der Waals surface area contributed by atoms with Gasteiger partial charge in [-0.3, -0.25) is 19.7 Å². The molecule has 8 nitrogen and oxygen atoms in total. The van der Waals surface area contributed by atoms with Crippen LogP contribution in [0.15, 0.2) is 18.2 Å². The number of carbonyl (C=O) groups is 2. The molecule has 0 saturated heterocycles. The van der Waals surface area contributed by atoms with E-state index < -0.39 is 10.8 Å². The predicted octanol–water partition coefficient (Wildman–Crippen LogP) is 0.502. The lowest BCUT2D eigenvalue weighted by Gasteiger charge is -2.06. The Morgan fingerprint density at radius 2 is 2.00 bits per heavy atom. The lowest BCUT2D eigenvalue weighted by molar-refractivity contribution is -0.384. The molecule has 0 aliphatic rings. The highest BCUT2D eigenvalue weighted by atomic mass is 16.6. The average Bonchev–Trinajstić information content (AvgIpc) is 2.45. The first-order valence-corrected chi connectivity index (χ1v) is 5.94. The number of benzene rings is 1. The smallest absolute Gasteiger partial charge is 0.293 e. The first-order valence-electron chi connectivity index (χ1n) is 5.94. The van der Waals surface area contributed by atoms with Gasteiger partial charge >= 0.3 is 0 Å². The fourth-order valence-corrected chi connectivity index (χ4v) is 1.55. The molecule has 0 fully saturated rings. The van der Waals surface area contributed by atoms with Crippen LogP contribution in [0.1, 0.15) is 16.8 Å². The molecular weight excluding hydrogens is 264 g/mol. The van der Waals surface area contributed by atoms with Crippen LogP contribution in [-0.4, -0.2) is 37.4 Å². The highest BCUT2D eigenvalue weighted by Crippen LogP contribution is 2.24. The zero-order valence-electron chi connectivity index (χ0n) is 11.2. The molecule has 108 valence electrons. The SMILES string of the molecule is CNC(=O)CCNC(=O)c1ccc(NC)c([N+](=O)[O-])c1. The van der Waals surface area contributed by atoms with Gasteiger partial charge in [-0.15, -0.1) is 0 Å². The Hall–Kier alpha value is -2.64. The van der Waals surface area contributed by atoms with Crippen molar-refractivity contribution >= 4 is 23.2 Å². The Bertz CT molecular complexity index is 530. The molecule has 0 spiro atoms. The Balaban J connectivity index is 2.76. The number of hydrogen-bond donors (Lipinski definition) is 3. The number of carbonyl (C=O) groups excluding carboxylic acids is 2. The van der Waals surface area contributed by atoms with Crippen molar-refractivity contribution in [3.8, 4) is 0 Å². The summed E-state index contributed by atoms with van der Waals surface area (Å²) < 4.78 is 0. The third-order valence-electron chi connectivity index (χ3n) is 2.64. The van der Waals surface area contributed by atoms with Crippen molar-refractivity contribution < 1.29 is 14.5 Å². The van der Waals surface area contributed by atoms with E-state index in [0.717, 1.165) is 0 Å². The standard InChI is InChI=1S/C12H16N4O4/c1-13-9-4-3-8(7-10(9)16(19)20)12(18)15-6-5-11(17)14-2/h3-4,7,13H,5-6H2,1-2H3,(H,14,17)(H,15,18). The van der Waals surface area contributed by atoms with Crippen LogP contribution < -0.4 is 16.0 Å². The van der Waals surface area contributed by atoms with Crippen LogP contribution in [0.2, 0.25) is 0 Å². The summed E-state index contributed by atoms with van der Waals surface area (Å²) in [5, 5.41) is 18.5. The largest absolute Gasteiger partial charge is 0.383 e. The second kappa shape index (κ2) is 7.07. The van der Waals surface area contributed by atoms with Crippen molar-refractivity contribution in [2.75, 3.05) is 26.0 Å². The van der Waals surface area contributed by atoms with Crippen LogP contribution in [0.4, 0.5) is 11.4 Å². The summed E-state index contributed by atoms with van der Waals surface area (Å²) in [5.41, 5.74) is 0.330. The normalized spacial score (nSPS) is 9.70. The van der Waals surface area contributed by atoms with Gasteiger partial charge in [-0.05, 0) is 12.1 Å². The molecule has 20 heavy (non-hydrogen) atoms. The van der Waals surface area contributed by atoms with E-state index >= 15 is 0 Å². The Labute approximate surface area is 115 Å². The first-order chi connectivity index (χ1) is 9.49. The van der Waals surface area contributed by atoms with E-state index in [-0.39, 0.29) is 30.1 Å². The number of amides is 2. The summed E-state index contributed by atoms with van der Waals surface area (Å²) in [6.07, 6.45) is 0.152. The lowest BCUT2D eigenvalue weighted by atomic mass is 10.1. The van der Waals surface area contributed by atoms with Crippen molar-refractivity contribution in [2.45, 2.75) is 6.42 Å². The molecule has 0 heterocycles. The maximum absolute atomic E-state index is 11.8. The van der Waals surface area contributed by atoms with Crippen LogP contribution in [-0.2, 0) is 4.79 Å². The number of nitro groups is 1. The molecule has 0 atom stereocenters. The first kappa shape index (κ1) is 15.4. The van der Waals surface area contributed by atoms with Crippen LogP contribution in [0.25, 0.3) is 0 Å². The van der Waals surface area contributed by atoms with Crippen molar-refractivity contribution in [3.05, 3.63) is 33.9 Å². The van der Waals surface area contributed by atoms with Crippen molar-refractivity contribution in [2.24, 2.45) is 0 Å². The molecule has 1 rings (SSSR count). The third-order valence-corrected chi connectivity index (χ3v) is 2.64. The Morgan fingerprint density at radius 1 is 1.30 bits per heavy atom. The molecule has 0 aliphatic heterocycles. The van der Waals surface area contributed by atoms with Crippen LogP contribution in [0, 0.1) is 10.1 Å². The van der Waals surface area contributed by atoms with E-state index in [9.17, 15) is 19.7 Å². The quantitative estimate of drug-likeness (QED) is 0.519. The van der Waals surface area contributed by atoms with Gasteiger partial charge in [-0.25, -0.2) is 0 Å². The number of hydrogen-bond acceptors (Lipinski definition) is 5. The molecule has 0 radical (unpaired) electrons. The summed E-state index contributed by atoms with van der Waals surface area (Å²) in [6, 6.07) is 4.14. The number of rotatable bonds is 6. The molecule has 1 aromatic rings. The van der Waals surface area contributed by atoms with E-state index in [0.29, 0.717) is 5.69 Å². The molecule has 3 N–H and O–H groups in total. The fourth-order valence-electron chi connectivity index (χ4n) is 1.55. The van der Waals surface area contributed by atoms with E-state index in [1.54, 1.807) is 7.05 Å².